The largest absolute Gasteiger partial charge is 0.497 e. The second kappa shape index (κ2) is 8.66. The minimum absolute atomic E-state index is 0.164. The summed E-state index contributed by atoms with van der Waals surface area (Å²) in [6, 6.07) is 18.3. The summed E-state index contributed by atoms with van der Waals surface area (Å²) < 4.78 is 10.3. The van der Waals surface area contributed by atoms with E-state index in [0.29, 0.717) is 11.6 Å². The highest BCUT2D eigenvalue weighted by atomic mass is 16.5. The molecule has 0 aliphatic carbocycles. The summed E-state index contributed by atoms with van der Waals surface area (Å²) in [6.07, 6.45) is 0.246. The van der Waals surface area contributed by atoms with Gasteiger partial charge >= 0.3 is 0 Å². The third-order valence-electron chi connectivity index (χ3n) is 3.80. The molecule has 0 radical (unpaired) electrons. The predicted molar refractivity (Wildman–Crippen MR) is 104 cm³/mol. The molecule has 1 amide bonds. The monoisotopic (exact) mass is 364 g/mol. The normalized spacial score (nSPS) is 10.1. The minimum atomic E-state index is -0.164. The number of hydrogen-bond acceptors (Lipinski definition) is 6. The lowest BCUT2D eigenvalue weighted by molar-refractivity contribution is -0.115. The van der Waals surface area contributed by atoms with Crippen LogP contribution in [0.1, 0.15) is 5.56 Å². The second-order valence-corrected chi connectivity index (χ2v) is 5.73. The van der Waals surface area contributed by atoms with Gasteiger partial charge in [-0.2, -0.15) is 0 Å². The van der Waals surface area contributed by atoms with Crippen LogP contribution in [0.5, 0.6) is 11.5 Å². The number of carbonyl (C=O) groups is 1. The van der Waals surface area contributed by atoms with Gasteiger partial charge in [0.2, 0.25) is 5.91 Å². The maximum absolute atomic E-state index is 12.1. The fourth-order valence-electron chi connectivity index (χ4n) is 2.43. The lowest BCUT2D eigenvalue weighted by Gasteiger charge is -2.08. The Labute approximate surface area is 157 Å². The van der Waals surface area contributed by atoms with E-state index in [2.05, 4.69) is 20.8 Å². The highest BCUT2D eigenvalue weighted by Gasteiger charge is 2.06. The van der Waals surface area contributed by atoms with E-state index in [-0.39, 0.29) is 12.3 Å². The van der Waals surface area contributed by atoms with Gasteiger partial charge in [-0.1, -0.05) is 18.2 Å². The summed E-state index contributed by atoms with van der Waals surface area (Å²) in [5.41, 5.74) is 1.72. The molecule has 3 rings (SSSR count). The number of amides is 1. The van der Waals surface area contributed by atoms with E-state index in [9.17, 15) is 4.79 Å². The molecule has 2 aromatic carbocycles. The molecular weight excluding hydrogens is 344 g/mol. The van der Waals surface area contributed by atoms with E-state index >= 15 is 0 Å². The number of ether oxygens (including phenoxy) is 2. The molecule has 0 atom stereocenters. The van der Waals surface area contributed by atoms with Gasteiger partial charge in [0.15, 0.2) is 11.6 Å². The third-order valence-corrected chi connectivity index (χ3v) is 3.80. The van der Waals surface area contributed by atoms with Gasteiger partial charge in [-0.3, -0.25) is 4.79 Å². The van der Waals surface area contributed by atoms with E-state index in [1.165, 1.54) is 0 Å². The SMILES string of the molecule is COc1ccc(CC(=O)Nc2ccc(Nc3cccc(OC)c3)nn2)cc1. The molecule has 0 saturated heterocycles. The van der Waals surface area contributed by atoms with Crippen LogP contribution in [0.15, 0.2) is 60.7 Å². The standard InChI is InChI=1S/C20H20N4O3/c1-26-16-8-6-14(7-9-16)12-20(25)22-19-11-10-18(23-24-19)21-15-4-3-5-17(13-15)27-2/h3-11,13H,12H2,1-2H3,(H,21,23)(H,22,24,25). The number of benzene rings is 2. The minimum Gasteiger partial charge on any atom is -0.497 e. The molecule has 0 aliphatic heterocycles. The molecule has 3 aromatic rings. The zero-order chi connectivity index (χ0) is 19.1. The van der Waals surface area contributed by atoms with Crippen molar-refractivity contribution in [3.05, 3.63) is 66.2 Å². The van der Waals surface area contributed by atoms with Crippen LogP contribution in [0, 0.1) is 0 Å². The molecule has 7 heteroatoms. The third kappa shape index (κ3) is 5.18. The van der Waals surface area contributed by atoms with Gasteiger partial charge in [0.1, 0.15) is 11.5 Å². The first-order valence-electron chi connectivity index (χ1n) is 8.34. The summed E-state index contributed by atoms with van der Waals surface area (Å²) in [4.78, 5) is 12.1. The van der Waals surface area contributed by atoms with Crippen LogP contribution < -0.4 is 20.1 Å². The molecule has 27 heavy (non-hydrogen) atoms. The fourth-order valence-corrected chi connectivity index (χ4v) is 2.43. The van der Waals surface area contributed by atoms with Crippen LogP contribution in [0.25, 0.3) is 0 Å². The summed E-state index contributed by atoms with van der Waals surface area (Å²) in [7, 11) is 3.22. The van der Waals surface area contributed by atoms with Gasteiger partial charge < -0.3 is 20.1 Å². The van der Waals surface area contributed by atoms with Gasteiger partial charge in [-0.15, -0.1) is 10.2 Å². The maximum Gasteiger partial charge on any atom is 0.229 e. The summed E-state index contributed by atoms with van der Waals surface area (Å²) in [5, 5.41) is 14.0. The van der Waals surface area contributed by atoms with Crippen LogP contribution >= 0.6 is 0 Å². The molecule has 1 aromatic heterocycles. The van der Waals surface area contributed by atoms with Crippen molar-refractivity contribution in [1.82, 2.24) is 10.2 Å². The van der Waals surface area contributed by atoms with Crippen molar-refractivity contribution in [3.8, 4) is 11.5 Å². The molecule has 1 heterocycles. The zero-order valence-corrected chi connectivity index (χ0v) is 15.1. The molecule has 2 N–H and O–H groups in total. The number of nitrogens with zero attached hydrogens (tertiary/aromatic N) is 2. The van der Waals surface area contributed by atoms with Crippen molar-refractivity contribution in [3.63, 3.8) is 0 Å². The highest BCUT2D eigenvalue weighted by Crippen LogP contribution is 2.20. The van der Waals surface area contributed by atoms with Crippen molar-refractivity contribution in [2.24, 2.45) is 0 Å². The van der Waals surface area contributed by atoms with Crippen molar-refractivity contribution in [2.45, 2.75) is 6.42 Å². The number of anilines is 3. The van der Waals surface area contributed by atoms with E-state index in [4.69, 9.17) is 9.47 Å². The van der Waals surface area contributed by atoms with Crippen molar-refractivity contribution in [1.29, 1.82) is 0 Å². The molecule has 0 aliphatic rings. The Morgan fingerprint density at radius 2 is 1.59 bits per heavy atom. The molecular formula is C20H20N4O3. The first-order valence-corrected chi connectivity index (χ1v) is 8.34. The Hall–Kier alpha value is -3.61. The van der Waals surface area contributed by atoms with Gasteiger partial charge in [-0.05, 0) is 42.0 Å². The molecule has 138 valence electrons. The van der Waals surface area contributed by atoms with Crippen LogP contribution in [0.3, 0.4) is 0 Å². The second-order valence-electron chi connectivity index (χ2n) is 5.73. The first kappa shape index (κ1) is 18.2. The molecule has 0 unspecified atom stereocenters. The average molecular weight is 364 g/mol. The molecule has 0 bridgehead atoms. The summed E-state index contributed by atoms with van der Waals surface area (Å²) in [5.74, 6) is 2.30. The van der Waals surface area contributed by atoms with E-state index in [1.54, 1.807) is 26.4 Å². The number of nitrogens with one attached hydrogen (secondary N) is 2. The Kier molecular flexibility index (Phi) is 5.84. The zero-order valence-electron chi connectivity index (χ0n) is 15.1. The fraction of sp³-hybridized carbons (Fsp3) is 0.150. The summed E-state index contributed by atoms with van der Waals surface area (Å²) in [6.45, 7) is 0. The number of rotatable bonds is 7. The van der Waals surface area contributed by atoms with Crippen LogP contribution in [0.4, 0.5) is 17.3 Å². The predicted octanol–water partition coefficient (Wildman–Crippen LogP) is 3.42. The number of methoxy groups -OCH3 is 2. The van der Waals surface area contributed by atoms with Crippen molar-refractivity contribution in [2.75, 3.05) is 24.9 Å². The smallest absolute Gasteiger partial charge is 0.229 e. The van der Waals surface area contributed by atoms with E-state index in [0.717, 1.165) is 22.7 Å². The van der Waals surface area contributed by atoms with Gasteiger partial charge in [0, 0.05) is 11.8 Å². The van der Waals surface area contributed by atoms with Crippen LogP contribution in [0.2, 0.25) is 0 Å². The van der Waals surface area contributed by atoms with Crippen molar-refractivity contribution >= 4 is 23.2 Å². The molecule has 0 spiro atoms. The van der Waals surface area contributed by atoms with Gasteiger partial charge in [0.25, 0.3) is 0 Å². The van der Waals surface area contributed by atoms with Crippen LogP contribution in [-0.4, -0.2) is 30.3 Å². The average Bonchev–Trinajstić information content (AvgIpc) is 2.70. The number of hydrogen-bond donors (Lipinski definition) is 2. The van der Waals surface area contributed by atoms with Crippen molar-refractivity contribution < 1.29 is 14.3 Å². The Bertz CT molecular complexity index is 896. The van der Waals surface area contributed by atoms with Gasteiger partial charge in [0.05, 0.1) is 20.6 Å². The first-order chi connectivity index (χ1) is 13.2. The Morgan fingerprint density at radius 3 is 2.26 bits per heavy atom. The number of aromatic nitrogens is 2. The van der Waals surface area contributed by atoms with Crippen LogP contribution in [-0.2, 0) is 11.2 Å². The Balaban J connectivity index is 1.57. The molecule has 7 nitrogen and oxygen atoms in total. The highest BCUT2D eigenvalue weighted by molar-refractivity contribution is 5.91. The molecule has 0 fully saturated rings. The Morgan fingerprint density at radius 1 is 0.889 bits per heavy atom. The van der Waals surface area contributed by atoms with E-state index in [1.807, 2.05) is 48.5 Å². The lowest BCUT2D eigenvalue weighted by atomic mass is 10.1. The van der Waals surface area contributed by atoms with E-state index < -0.39 is 0 Å². The van der Waals surface area contributed by atoms with Gasteiger partial charge in [-0.25, -0.2) is 0 Å². The maximum atomic E-state index is 12.1. The topological polar surface area (TPSA) is 85.4 Å². The lowest BCUT2D eigenvalue weighted by Crippen LogP contribution is -2.15. The number of carbonyl (C=O) groups excluding carboxylic acids is 1. The summed E-state index contributed by atoms with van der Waals surface area (Å²) >= 11 is 0. The molecule has 0 saturated carbocycles. The quantitative estimate of drug-likeness (QED) is 0.668.